The van der Waals surface area contributed by atoms with Crippen molar-refractivity contribution in [3.63, 3.8) is 0 Å². The zero-order valence-electron chi connectivity index (χ0n) is 11.7. The highest BCUT2D eigenvalue weighted by molar-refractivity contribution is 5.78. The molecule has 1 atom stereocenters. The number of piperidine rings is 1. The molecule has 1 aliphatic carbocycles. The van der Waals surface area contributed by atoms with Crippen molar-refractivity contribution in [1.29, 1.82) is 0 Å². The molecular formula is C15H28N2O. The van der Waals surface area contributed by atoms with Crippen molar-refractivity contribution in [2.45, 2.75) is 51.9 Å². The smallest absolute Gasteiger partial charge is 0.223 e. The SMILES string of the molecule is CCC1CCC(C(=O)NCC2CCCNC2)CC1. The quantitative estimate of drug-likeness (QED) is 0.806. The third kappa shape index (κ3) is 3.98. The van der Waals surface area contributed by atoms with Crippen molar-refractivity contribution >= 4 is 5.91 Å². The Morgan fingerprint density at radius 3 is 2.56 bits per heavy atom. The molecule has 0 aromatic heterocycles. The first-order valence-electron chi connectivity index (χ1n) is 7.78. The largest absolute Gasteiger partial charge is 0.356 e. The van der Waals surface area contributed by atoms with Gasteiger partial charge in [0.1, 0.15) is 0 Å². The molecule has 2 fully saturated rings. The van der Waals surface area contributed by atoms with Crippen LogP contribution in [-0.2, 0) is 4.79 Å². The molecule has 0 radical (unpaired) electrons. The summed E-state index contributed by atoms with van der Waals surface area (Å²) in [6.07, 6.45) is 8.50. The highest BCUT2D eigenvalue weighted by Crippen LogP contribution is 2.30. The van der Waals surface area contributed by atoms with Crippen molar-refractivity contribution in [3.05, 3.63) is 0 Å². The van der Waals surface area contributed by atoms with Crippen LogP contribution in [0, 0.1) is 17.8 Å². The first kappa shape index (κ1) is 13.9. The van der Waals surface area contributed by atoms with Crippen LogP contribution < -0.4 is 10.6 Å². The average Bonchev–Trinajstić information content (AvgIpc) is 2.46. The highest BCUT2D eigenvalue weighted by atomic mass is 16.1. The van der Waals surface area contributed by atoms with Gasteiger partial charge in [-0.25, -0.2) is 0 Å². The van der Waals surface area contributed by atoms with E-state index in [0.717, 1.165) is 38.4 Å². The lowest BCUT2D eigenvalue weighted by atomic mass is 9.80. The Morgan fingerprint density at radius 2 is 1.94 bits per heavy atom. The minimum atomic E-state index is 0.296. The molecule has 104 valence electrons. The van der Waals surface area contributed by atoms with E-state index >= 15 is 0 Å². The third-order valence-electron chi connectivity index (χ3n) is 4.76. The van der Waals surface area contributed by atoms with Crippen molar-refractivity contribution in [3.8, 4) is 0 Å². The van der Waals surface area contributed by atoms with Gasteiger partial charge in [-0.2, -0.15) is 0 Å². The lowest BCUT2D eigenvalue weighted by molar-refractivity contribution is -0.126. The molecule has 1 heterocycles. The summed E-state index contributed by atoms with van der Waals surface area (Å²) in [6.45, 7) is 5.36. The molecular weight excluding hydrogens is 224 g/mol. The molecule has 1 saturated heterocycles. The van der Waals surface area contributed by atoms with Crippen molar-refractivity contribution in [1.82, 2.24) is 10.6 Å². The molecule has 2 aliphatic rings. The summed E-state index contributed by atoms with van der Waals surface area (Å²) in [4.78, 5) is 12.1. The topological polar surface area (TPSA) is 41.1 Å². The van der Waals surface area contributed by atoms with Crippen LogP contribution in [0.15, 0.2) is 0 Å². The molecule has 1 aliphatic heterocycles. The average molecular weight is 252 g/mol. The summed E-state index contributed by atoms with van der Waals surface area (Å²) in [7, 11) is 0. The number of nitrogens with one attached hydrogen (secondary N) is 2. The van der Waals surface area contributed by atoms with Gasteiger partial charge in [0.2, 0.25) is 5.91 Å². The Balaban J connectivity index is 1.65. The third-order valence-corrected chi connectivity index (χ3v) is 4.76. The van der Waals surface area contributed by atoms with Crippen LogP contribution in [0.2, 0.25) is 0 Å². The maximum Gasteiger partial charge on any atom is 0.223 e. The Hall–Kier alpha value is -0.570. The van der Waals surface area contributed by atoms with E-state index < -0.39 is 0 Å². The fourth-order valence-electron chi connectivity index (χ4n) is 3.32. The number of rotatable bonds is 4. The summed E-state index contributed by atoms with van der Waals surface area (Å²) >= 11 is 0. The molecule has 3 heteroatoms. The molecule has 1 saturated carbocycles. The first-order valence-corrected chi connectivity index (χ1v) is 7.78. The monoisotopic (exact) mass is 252 g/mol. The van der Waals surface area contributed by atoms with E-state index in [0.29, 0.717) is 17.7 Å². The second-order valence-corrected chi connectivity index (χ2v) is 6.08. The highest BCUT2D eigenvalue weighted by Gasteiger charge is 2.25. The Bertz CT molecular complexity index is 253. The number of amides is 1. The van der Waals surface area contributed by atoms with Crippen LogP contribution >= 0.6 is 0 Å². The van der Waals surface area contributed by atoms with Gasteiger partial charge in [-0.15, -0.1) is 0 Å². The van der Waals surface area contributed by atoms with Gasteiger partial charge in [0.25, 0.3) is 0 Å². The molecule has 1 unspecified atom stereocenters. The zero-order chi connectivity index (χ0) is 12.8. The van der Waals surface area contributed by atoms with E-state index in [2.05, 4.69) is 17.6 Å². The Kier molecular flexibility index (Phi) is 5.48. The van der Waals surface area contributed by atoms with E-state index in [1.165, 1.54) is 32.1 Å². The molecule has 2 rings (SSSR count). The van der Waals surface area contributed by atoms with E-state index in [-0.39, 0.29) is 0 Å². The van der Waals surface area contributed by atoms with Crippen LogP contribution in [0.5, 0.6) is 0 Å². The molecule has 0 spiro atoms. The van der Waals surface area contributed by atoms with Crippen LogP contribution in [-0.4, -0.2) is 25.5 Å². The molecule has 18 heavy (non-hydrogen) atoms. The number of carbonyl (C=O) groups excluding carboxylic acids is 1. The van der Waals surface area contributed by atoms with Crippen molar-refractivity contribution in [2.24, 2.45) is 17.8 Å². The Morgan fingerprint density at radius 1 is 1.17 bits per heavy atom. The zero-order valence-corrected chi connectivity index (χ0v) is 11.7. The van der Waals surface area contributed by atoms with Gasteiger partial charge in [0.15, 0.2) is 0 Å². The summed E-state index contributed by atoms with van der Waals surface area (Å²) in [5.74, 6) is 2.13. The summed E-state index contributed by atoms with van der Waals surface area (Å²) < 4.78 is 0. The summed E-state index contributed by atoms with van der Waals surface area (Å²) in [5, 5.41) is 6.58. The van der Waals surface area contributed by atoms with Crippen LogP contribution in [0.1, 0.15) is 51.9 Å². The molecule has 1 amide bonds. The molecule has 3 nitrogen and oxygen atoms in total. The van der Waals surface area contributed by atoms with Gasteiger partial charge in [0, 0.05) is 12.5 Å². The van der Waals surface area contributed by atoms with E-state index in [1.807, 2.05) is 0 Å². The standard InChI is InChI=1S/C15H28N2O/c1-2-12-5-7-14(8-6-12)15(18)17-11-13-4-3-9-16-10-13/h12-14,16H,2-11H2,1H3,(H,17,18). The second kappa shape index (κ2) is 7.13. The number of carbonyl (C=O) groups is 1. The predicted octanol–water partition coefficient (Wildman–Crippen LogP) is 2.32. The van der Waals surface area contributed by atoms with Gasteiger partial charge in [-0.05, 0) is 63.5 Å². The molecule has 0 aromatic rings. The van der Waals surface area contributed by atoms with Gasteiger partial charge in [0.05, 0.1) is 0 Å². The minimum Gasteiger partial charge on any atom is -0.356 e. The van der Waals surface area contributed by atoms with Crippen LogP contribution in [0.4, 0.5) is 0 Å². The number of hydrogen-bond acceptors (Lipinski definition) is 2. The molecule has 2 N–H and O–H groups in total. The first-order chi connectivity index (χ1) is 8.79. The fraction of sp³-hybridized carbons (Fsp3) is 0.933. The number of hydrogen-bond donors (Lipinski definition) is 2. The fourth-order valence-corrected chi connectivity index (χ4v) is 3.32. The minimum absolute atomic E-state index is 0.296. The lowest BCUT2D eigenvalue weighted by Gasteiger charge is -2.28. The Labute approximate surface area is 111 Å². The van der Waals surface area contributed by atoms with Crippen molar-refractivity contribution in [2.75, 3.05) is 19.6 Å². The maximum absolute atomic E-state index is 12.1. The van der Waals surface area contributed by atoms with Gasteiger partial charge < -0.3 is 10.6 Å². The molecule has 0 bridgehead atoms. The summed E-state index contributed by atoms with van der Waals surface area (Å²) in [6, 6.07) is 0. The maximum atomic E-state index is 12.1. The second-order valence-electron chi connectivity index (χ2n) is 6.08. The van der Waals surface area contributed by atoms with Crippen molar-refractivity contribution < 1.29 is 4.79 Å². The molecule has 0 aromatic carbocycles. The lowest BCUT2D eigenvalue weighted by Crippen LogP contribution is -2.40. The van der Waals surface area contributed by atoms with Crippen LogP contribution in [0.25, 0.3) is 0 Å². The van der Waals surface area contributed by atoms with Crippen LogP contribution in [0.3, 0.4) is 0 Å². The van der Waals surface area contributed by atoms with E-state index in [4.69, 9.17) is 0 Å². The summed E-state index contributed by atoms with van der Waals surface area (Å²) in [5.41, 5.74) is 0. The van der Waals surface area contributed by atoms with Gasteiger partial charge in [-0.1, -0.05) is 13.3 Å². The van der Waals surface area contributed by atoms with Gasteiger partial charge in [-0.3, -0.25) is 4.79 Å². The normalized spacial score (nSPS) is 33.1. The van der Waals surface area contributed by atoms with E-state index in [1.54, 1.807) is 0 Å². The van der Waals surface area contributed by atoms with E-state index in [9.17, 15) is 4.79 Å². The predicted molar refractivity (Wildman–Crippen MR) is 74.3 cm³/mol. The van der Waals surface area contributed by atoms with Gasteiger partial charge >= 0.3 is 0 Å².